The average Bonchev–Trinajstić information content (AvgIpc) is 3.51. The van der Waals surface area contributed by atoms with E-state index < -0.39 is 28.7 Å². The molecule has 8 atom stereocenters. The monoisotopic (exact) mass is 637 g/mol. The Balaban J connectivity index is 1.86. The lowest BCUT2D eigenvalue weighted by Gasteiger charge is -2.41. The van der Waals surface area contributed by atoms with Crippen molar-refractivity contribution >= 4 is 62.7 Å². The Morgan fingerprint density at radius 2 is 1.90 bits per heavy atom. The Labute approximate surface area is 248 Å². The molecule has 1 aromatic rings. The molecule has 1 spiro atoms. The molecule has 3 amide bonds. The molecular weight excluding hydrogens is 602 g/mol. The molecule has 3 saturated heterocycles. The first-order chi connectivity index (χ1) is 18.6. The zero-order valence-corrected chi connectivity index (χ0v) is 25.8. The molecule has 3 fully saturated rings. The Morgan fingerprint density at radius 1 is 1.26 bits per heavy atom. The molecule has 0 saturated carbocycles. The molecule has 0 aromatic heterocycles. The minimum absolute atomic E-state index is 0.0348. The fourth-order valence-corrected chi connectivity index (χ4v) is 10.3. The predicted molar refractivity (Wildman–Crippen MR) is 161 cm³/mol. The number of carbonyl (C=O) groups excluding carboxylic acids is 3. The van der Waals surface area contributed by atoms with Crippen molar-refractivity contribution in [2.75, 3.05) is 31.6 Å². The molecule has 1 aromatic carbocycles. The number of carbonyl (C=O) groups is 3. The summed E-state index contributed by atoms with van der Waals surface area (Å²) in [7, 11) is 1.72. The third-order valence-electron chi connectivity index (χ3n) is 8.59. The summed E-state index contributed by atoms with van der Waals surface area (Å²) in [6.07, 6.45) is 4.62. The van der Waals surface area contributed by atoms with Crippen molar-refractivity contribution in [1.29, 1.82) is 0 Å². The number of fused-ring (bicyclic) bond motifs is 1. The molecule has 3 unspecified atom stereocenters. The van der Waals surface area contributed by atoms with E-state index in [0.29, 0.717) is 23.7 Å². The van der Waals surface area contributed by atoms with Crippen LogP contribution in [-0.4, -0.2) is 86.3 Å². The minimum Gasteiger partial charge on any atom is -0.394 e. The van der Waals surface area contributed by atoms with Gasteiger partial charge in [-0.25, -0.2) is 0 Å². The van der Waals surface area contributed by atoms with Gasteiger partial charge in [0, 0.05) is 40.9 Å². The number of amides is 3. The average molecular weight is 639 g/mol. The summed E-state index contributed by atoms with van der Waals surface area (Å²) >= 11 is 11.5. The lowest BCUT2D eigenvalue weighted by atomic mass is 9.70. The van der Waals surface area contributed by atoms with E-state index in [1.807, 2.05) is 13.8 Å². The topological polar surface area (TPSA) is 81.2 Å². The molecule has 0 aliphatic carbocycles. The van der Waals surface area contributed by atoms with Crippen LogP contribution in [0.15, 0.2) is 49.6 Å². The number of aliphatic hydroxyl groups excluding tert-OH is 1. The number of hydrogen-bond donors (Lipinski definition) is 1. The molecule has 212 valence electrons. The zero-order chi connectivity index (χ0) is 28.6. The van der Waals surface area contributed by atoms with Gasteiger partial charge in [0.05, 0.1) is 29.2 Å². The number of aliphatic hydroxyl groups is 1. The molecule has 3 heterocycles. The van der Waals surface area contributed by atoms with Crippen molar-refractivity contribution in [1.82, 2.24) is 9.80 Å². The second-order valence-electron chi connectivity index (χ2n) is 10.8. The van der Waals surface area contributed by atoms with Gasteiger partial charge in [-0.3, -0.25) is 14.4 Å². The van der Waals surface area contributed by atoms with Gasteiger partial charge in [-0.15, -0.1) is 24.9 Å². The third-order valence-corrected chi connectivity index (χ3v) is 12.1. The number of likely N-dealkylation sites (tertiary alicyclic amines) is 1. The van der Waals surface area contributed by atoms with Gasteiger partial charge in [-0.1, -0.05) is 60.0 Å². The number of thioether (sulfide) groups is 1. The molecular formula is C29H37BrClN3O4S. The summed E-state index contributed by atoms with van der Waals surface area (Å²) in [5, 5.41) is 11.0. The molecule has 1 N–H and O–H groups in total. The molecule has 3 aliphatic heterocycles. The van der Waals surface area contributed by atoms with E-state index in [1.165, 1.54) is 0 Å². The van der Waals surface area contributed by atoms with Crippen molar-refractivity contribution in [3.8, 4) is 0 Å². The Hall–Kier alpha value is -1.81. The Bertz CT molecular complexity index is 1140. The van der Waals surface area contributed by atoms with Crippen LogP contribution >= 0.6 is 39.3 Å². The van der Waals surface area contributed by atoms with Crippen molar-refractivity contribution in [3.05, 3.63) is 54.6 Å². The van der Waals surface area contributed by atoms with Crippen LogP contribution in [0, 0.1) is 17.8 Å². The third kappa shape index (κ3) is 4.98. The highest BCUT2D eigenvalue weighted by Gasteiger charge is 2.76. The zero-order valence-electron chi connectivity index (χ0n) is 22.6. The number of alkyl halides is 1. The molecule has 2 bridgehead atoms. The van der Waals surface area contributed by atoms with Gasteiger partial charge in [0.25, 0.3) is 5.91 Å². The van der Waals surface area contributed by atoms with Gasteiger partial charge >= 0.3 is 0 Å². The van der Waals surface area contributed by atoms with E-state index in [0.717, 1.165) is 6.42 Å². The first-order valence-electron chi connectivity index (χ1n) is 13.4. The number of likely N-dealkylation sites (N-methyl/N-ethyl adjacent to an activating group) is 1. The smallest absolute Gasteiger partial charge is 0.251 e. The highest BCUT2D eigenvalue weighted by molar-refractivity contribution is 9.09. The largest absolute Gasteiger partial charge is 0.394 e. The maximum Gasteiger partial charge on any atom is 0.251 e. The van der Waals surface area contributed by atoms with Crippen LogP contribution in [0.2, 0.25) is 5.02 Å². The van der Waals surface area contributed by atoms with Crippen LogP contribution < -0.4 is 4.90 Å². The number of nitrogens with zero attached hydrogens (tertiary/aromatic N) is 3. The number of anilines is 1. The van der Waals surface area contributed by atoms with E-state index in [4.69, 9.17) is 11.6 Å². The standard InChI is InChI=1S/C29H37BrClN3O4S/c1-6-13-32(5)26(36)22-23-27(37)34(21(16-35)17(4)8-3)25(29(23)15-20(30)24(22)39-29)28(38)33(14-7-2)19-11-9-18(31)10-12-19/h6-7,9-12,17,20-25,35H,1-2,8,13-16H2,3-5H3/t17-,20?,21-,22-,23-,24-,25?,29?/m0/s1. The van der Waals surface area contributed by atoms with Gasteiger partial charge < -0.3 is 19.8 Å². The fraction of sp³-hybridized carbons (Fsp3) is 0.552. The molecule has 3 aliphatic rings. The summed E-state index contributed by atoms with van der Waals surface area (Å²) in [4.78, 5) is 47.7. The van der Waals surface area contributed by atoms with Crippen LogP contribution in [0.3, 0.4) is 0 Å². The van der Waals surface area contributed by atoms with Gasteiger partial charge in [0.2, 0.25) is 11.8 Å². The van der Waals surface area contributed by atoms with E-state index in [2.05, 4.69) is 29.1 Å². The molecule has 0 radical (unpaired) electrons. The van der Waals surface area contributed by atoms with Gasteiger partial charge in [-0.05, 0) is 36.6 Å². The second kappa shape index (κ2) is 12.0. The maximum absolute atomic E-state index is 14.7. The quantitative estimate of drug-likeness (QED) is 0.288. The number of rotatable bonds is 11. The summed E-state index contributed by atoms with van der Waals surface area (Å²) < 4.78 is -0.810. The highest BCUT2D eigenvalue weighted by atomic mass is 79.9. The number of benzene rings is 1. The van der Waals surface area contributed by atoms with Crippen LogP contribution in [0.25, 0.3) is 0 Å². The summed E-state index contributed by atoms with van der Waals surface area (Å²) in [6.45, 7) is 12.0. The first-order valence-corrected chi connectivity index (χ1v) is 15.5. The number of halogens is 2. The molecule has 10 heteroatoms. The Morgan fingerprint density at radius 3 is 2.46 bits per heavy atom. The number of hydrogen-bond acceptors (Lipinski definition) is 5. The lowest BCUT2D eigenvalue weighted by molar-refractivity contribution is -0.145. The summed E-state index contributed by atoms with van der Waals surface area (Å²) in [5.74, 6) is -1.87. The fourth-order valence-electron chi connectivity index (χ4n) is 6.56. The highest BCUT2D eigenvalue weighted by Crippen LogP contribution is 2.68. The van der Waals surface area contributed by atoms with Crippen molar-refractivity contribution in [2.24, 2.45) is 17.8 Å². The van der Waals surface area contributed by atoms with Gasteiger partial charge in [0.1, 0.15) is 6.04 Å². The second-order valence-corrected chi connectivity index (χ2v) is 13.9. The van der Waals surface area contributed by atoms with Crippen LogP contribution in [0.5, 0.6) is 0 Å². The Kier molecular flexibility index (Phi) is 9.25. The van der Waals surface area contributed by atoms with Crippen LogP contribution in [0.1, 0.15) is 26.7 Å². The minimum atomic E-state index is -0.852. The van der Waals surface area contributed by atoms with Gasteiger partial charge in [0.15, 0.2) is 0 Å². The maximum atomic E-state index is 14.7. The molecule has 39 heavy (non-hydrogen) atoms. The SMILES string of the molecule is C=CCN(C)C(=O)[C@H]1[C@H]2C(=O)N([C@@H](CO)[C@@H](C)CC)C(C(=O)N(CC=C)c3ccc(Cl)cc3)C23CC(Br)[C@@H]1S3. The van der Waals surface area contributed by atoms with E-state index in [9.17, 15) is 19.5 Å². The summed E-state index contributed by atoms with van der Waals surface area (Å²) in [6, 6.07) is 5.60. The van der Waals surface area contributed by atoms with Crippen molar-refractivity contribution in [3.63, 3.8) is 0 Å². The normalized spacial score (nSPS) is 30.6. The van der Waals surface area contributed by atoms with Gasteiger partial charge in [-0.2, -0.15) is 0 Å². The lowest BCUT2D eigenvalue weighted by Crippen LogP contribution is -2.59. The molecule has 4 rings (SSSR count). The van der Waals surface area contributed by atoms with E-state index in [-0.39, 0.29) is 46.9 Å². The van der Waals surface area contributed by atoms with Crippen molar-refractivity contribution < 1.29 is 19.5 Å². The first kappa shape index (κ1) is 30.2. The molecule has 7 nitrogen and oxygen atoms in total. The van der Waals surface area contributed by atoms with E-state index in [1.54, 1.807) is 69.9 Å². The van der Waals surface area contributed by atoms with Crippen LogP contribution in [0.4, 0.5) is 5.69 Å². The van der Waals surface area contributed by atoms with Crippen molar-refractivity contribution in [2.45, 2.75) is 53.6 Å². The van der Waals surface area contributed by atoms with E-state index >= 15 is 0 Å². The predicted octanol–water partition coefficient (Wildman–Crippen LogP) is 4.38. The van der Waals surface area contributed by atoms with Crippen LogP contribution in [-0.2, 0) is 14.4 Å². The summed E-state index contributed by atoms with van der Waals surface area (Å²) in [5.41, 5.74) is 0.645.